The fourth-order valence-corrected chi connectivity index (χ4v) is 1.81. The van der Waals surface area contributed by atoms with E-state index in [2.05, 4.69) is 25.3 Å². The number of aromatic nitrogens is 5. The van der Waals surface area contributed by atoms with Gasteiger partial charge in [-0.2, -0.15) is 15.0 Å². The number of nitrogens with zero attached hydrogens (tertiary/aromatic N) is 5. The maximum Gasteiger partial charge on any atom is 0.228 e. The van der Waals surface area contributed by atoms with E-state index in [9.17, 15) is 0 Å². The zero-order chi connectivity index (χ0) is 12.8. The second-order valence-corrected chi connectivity index (χ2v) is 4.31. The van der Waals surface area contributed by atoms with E-state index in [0.717, 1.165) is 25.9 Å². The van der Waals surface area contributed by atoms with Crippen molar-refractivity contribution in [2.75, 3.05) is 11.9 Å². The van der Waals surface area contributed by atoms with E-state index in [1.165, 1.54) is 0 Å². The molecule has 0 bridgehead atoms. The Labute approximate surface area is 114 Å². The van der Waals surface area contributed by atoms with E-state index >= 15 is 0 Å². The number of rotatable bonds is 6. The average Bonchev–Trinajstić information content (AvgIpc) is 2.80. The van der Waals surface area contributed by atoms with E-state index in [1.54, 1.807) is 12.5 Å². The normalized spacial score (nSPS) is 10.6. The molecule has 0 saturated heterocycles. The summed E-state index contributed by atoms with van der Waals surface area (Å²) in [6.07, 6.45) is 7.54. The first kappa shape index (κ1) is 13.0. The number of nitrogens with one attached hydrogen (secondary N) is 1. The van der Waals surface area contributed by atoms with Gasteiger partial charge in [0.2, 0.25) is 16.5 Å². The summed E-state index contributed by atoms with van der Waals surface area (Å²) in [5.41, 5.74) is 0. The Balaban J connectivity index is 1.68. The van der Waals surface area contributed by atoms with Gasteiger partial charge in [-0.3, -0.25) is 0 Å². The zero-order valence-corrected chi connectivity index (χ0v) is 11.1. The van der Waals surface area contributed by atoms with Gasteiger partial charge in [0, 0.05) is 25.5 Å². The van der Waals surface area contributed by atoms with Gasteiger partial charge < -0.3 is 9.88 Å². The fraction of sp³-hybridized carbons (Fsp3) is 0.400. The highest BCUT2D eigenvalue weighted by Crippen LogP contribution is 2.09. The first-order valence-electron chi connectivity index (χ1n) is 5.51. The van der Waals surface area contributed by atoms with Gasteiger partial charge in [0.1, 0.15) is 0 Å². The Morgan fingerprint density at radius 3 is 2.56 bits per heavy atom. The molecule has 0 radical (unpaired) electrons. The summed E-state index contributed by atoms with van der Waals surface area (Å²) in [7, 11) is 0. The Bertz CT molecular complexity index is 467. The highest BCUT2D eigenvalue weighted by Gasteiger charge is 2.01. The van der Waals surface area contributed by atoms with Crippen molar-refractivity contribution in [3.05, 3.63) is 29.3 Å². The van der Waals surface area contributed by atoms with Crippen LogP contribution in [0.5, 0.6) is 0 Å². The molecule has 2 rings (SSSR count). The molecule has 96 valence electrons. The molecular weight excluding hydrogens is 275 g/mol. The molecule has 0 fully saturated rings. The first-order chi connectivity index (χ1) is 8.74. The number of halogens is 2. The molecule has 2 aromatic heterocycles. The van der Waals surface area contributed by atoms with Crippen molar-refractivity contribution in [3.63, 3.8) is 0 Å². The molecule has 0 amide bonds. The summed E-state index contributed by atoms with van der Waals surface area (Å²) < 4.78 is 2.04. The van der Waals surface area contributed by atoms with Crippen molar-refractivity contribution >= 4 is 29.2 Å². The minimum Gasteiger partial charge on any atom is -0.354 e. The van der Waals surface area contributed by atoms with E-state index < -0.39 is 0 Å². The van der Waals surface area contributed by atoms with Crippen molar-refractivity contribution in [1.29, 1.82) is 0 Å². The molecule has 2 aromatic rings. The largest absolute Gasteiger partial charge is 0.354 e. The van der Waals surface area contributed by atoms with Crippen LogP contribution in [-0.4, -0.2) is 31.0 Å². The molecule has 0 aromatic carbocycles. The lowest BCUT2D eigenvalue weighted by Crippen LogP contribution is -2.07. The summed E-state index contributed by atoms with van der Waals surface area (Å²) in [5.74, 6) is 0.405. The molecule has 0 aliphatic heterocycles. The Morgan fingerprint density at radius 1 is 1.11 bits per heavy atom. The van der Waals surface area contributed by atoms with Gasteiger partial charge in [-0.15, -0.1) is 0 Å². The van der Waals surface area contributed by atoms with Crippen LogP contribution in [0.4, 0.5) is 5.95 Å². The molecule has 18 heavy (non-hydrogen) atoms. The Kier molecular flexibility index (Phi) is 4.72. The van der Waals surface area contributed by atoms with Crippen molar-refractivity contribution in [3.8, 4) is 0 Å². The molecule has 0 spiro atoms. The molecule has 0 unspecified atom stereocenters. The summed E-state index contributed by atoms with van der Waals surface area (Å²) in [5, 5.41) is 3.24. The fourth-order valence-electron chi connectivity index (χ4n) is 1.44. The molecule has 0 saturated carbocycles. The summed E-state index contributed by atoms with van der Waals surface area (Å²) in [6, 6.07) is 0. The molecule has 1 N–H and O–H groups in total. The number of unbranched alkanes of at least 4 members (excludes halogenated alkanes) is 1. The van der Waals surface area contributed by atoms with Crippen LogP contribution in [0.25, 0.3) is 0 Å². The van der Waals surface area contributed by atoms with Crippen LogP contribution < -0.4 is 5.32 Å². The van der Waals surface area contributed by atoms with E-state index in [1.807, 2.05) is 10.8 Å². The SMILES string of the molecule is Clc1nc(Cl)nc(NCCCCn2ccnc2)n1. The van der Waals surface area contributed by atoms with E-state index in [0.29, 0.717) is 5.95 Å². The first-order valence-corrected chi connectivity index (χ1v) is 6.26. The van der Waals surface area contributed by atoms with Gasteiger partial charge in [-0.25, -0.2) is 4.98 Å². The predicted octanol–water partition coefficient (Wildman–Crippen LogP) is 2.27. The Morgan fingerprint density at radius 2 is 1.89 bits per heavy atom. The smallest absolute Gasteiger partial charge is 0.228 e. The van der Waals surface area contributed by atoms with Crippen molar-refractivity contribution < 1.29 is 0 Å². The van der Waals surface area contributed by atoms with Gasteiger partial charge in [-0.05, 0) is 36.0 Å². The monoisotopic (exact) mass is 286 g/mol. The third-order valence-corrected chi connectivity index (χ3v) is 2.60. The van der Waals surface area contributed by atoms with Gasteiger partial charge in [0.05, 0.1) is 6.33 Å². The lowest BCUT2D eigenvalue weighted by molar-refractivity contribution is 0.620. The van der Waals surface area contributed by atoms with Crippen molar-refractivity contribution in [2.24, 2.45) is 0 Å². The molecular formula is C10H12Cl2N6. The van der Waals surface area contributed by atoms with Crippen LogP contribution in [0.2, 0.25) is 10.6 Å². The molecule has 0 atom stereocenters. The Hall–Kier alpha value is -1.40. The van der Waals surface area contributed by atoms with Gasteiger partial charge >= 0.3 is 0 Å². The minimum absolute atomic E-state index is 0.0934. The molecule has 0 aliphatic rings. The number of aryl methyl sites for hydroxylation is 1. The molecule has 6 nitrogen and oxygen atoms in total. The molecule has 2 heterocycles. The maximum atomic E-state index is 5.66. The van der Waals surface area contributed by atoms with Crippen LogP contribution in [0, 0.1) is 0 Å². The second kappa shape index (κ2) is 6.51. The van der Waals surface area contributed by atoms with Gasteiger partial charge in [-0.1, -0.05) is 0 Å². The van der Waals surface area contributed by atoms with Gasteiger partial charge in [0.25, 0.3) is 0 Å². The minimum atomic E-state index is 0.0934. The van der Waals surface area contributed by atoms with Crippen LogP contribution in [-0.2, 0) is 6.54 Å². The quantitative estimate of drug-likeness (QED) is 0.825. The lowest BCUT2D eigenvalue weighted by Gasteiger charge is -2.05. The highest BCUT2D eigenvalue weighted by molar-refractivity contribution is 6.31. The van der Waals surface area contributed by atoms with Crippen LogP contribution in [0.1, 0.15) is 12.8 Å². The van der Waals surface area contributed by atoms with Crippen molar-refractivity contribution in [1.82, 2.24) is 24.5 Å². The van der Waals surface area contributed by atoms with Crippen LogP contribution >= 0.6 is 23.2 Å². The standard InChI is InChI=1S/C10H12Cl2N6/c11-8-15-9(12)17-10(16-8)14-3-1-2-5-18-6-4-13-7-18/h4,6-7H,1-3,5H2,(H,14,15,16,17). The van der Waals surface area contributed by atoms with E-state index in [-0.39, 0.29) is 10.6 Å². The number of imidazole rings is 1. The van der Waals surface area contributed by atoms with E-state index in [4.69, 9.17) is 23.2 Å². The molecule has 0 aliphatic carbocycles. The van der Waals surface area contributed by atoms with Crippen LogP contribution in [0.15, 0.2) is 18.7 Å². The summed E-state index contributed by atoms with van der Waals surface area (Å²) in [6.45, 7) is 1.70. The van der Waals surface area contributed by atoms with Crippen LogP contribution in [0.3, 0.4) is 0 Å². The van der Waals surface area contributed by atoms with Crippen molar-refractivity contribution in [2.45, 2.75) is 19.4 Å². The third-order valence-electron chi connectivity index (χ3n) is 2.27. The summed E-state index contributed by atoms with van der Waals surface area (Å²) >= 11 is 11.3. The zero-order valence-electron chi connectivity index (χ0n) is 9.55. The molecule has 8 heteroatoms. The predicted molar refractivity (Wildman–Crippen MR) is 69.8 cm³/mol. The topological polar surface area (TPSA) is 68.5 Å². The van der Waals surface area contributed by atoms with Gasteiger partial charge in [0.15, 0.2) is 0 Å². The lowest BCUT2D eigenvalue weighted by atomic mass is 10.3. The third kappa shape index (κ3) is 4.12. The number of anilines is 1. The number of hydrogen-bond donors (Lipinski definition) is 1. The average molecular weight is 287 g/mol. The number of hydrogen-bond acceptors (Lipinski definition) is 5. The summed E-state index contributed by atoms with van der Waals surface area (Å²) in [4.78, 5) is 15.5. The maximum absolute atomic E-state index is 5.66. The second-order valence-electron chi connectivity index (χ2n) is 3.63. The highest BCUT2D eigenvalue weighted by atomic mass is 35.5.